The van der Waals surface area contributed by atoms with Gasteiger partial charge in [-0.2, -0.15) is 5.26 Å². The number of rotatable bonds is 2. The Kier molecular flexibility index (Phi) is 3.90. The summed E-state index contributed by atoms with van der Waals surface area (Å²) in [6.45, 7) is 1.90. The van der Waals surface area contributed by atoms with E-state index >= 15 is 0 Å². The quantitative estimate of drug-likeness (QED) is 0.598. The molecule has 0 aliphatic carbocycles. The third kappa shape index (κ3) is 2.39. The number of hydrogen-bond donors (Lipinski definition) is 1. The molecule has 0 aromatic rings. The molecule has 0 unspecified atom stereocenters. The molecule has 0 radical (unpaired) electrons. The topological polar surface area (TPSA) is 35.8 Å². The van der Waals surface area contributed by atoms with Gasteiger partial charge in [-0.1, -0.05) is 18.5 Å². The first-order valence-corrected chi connectivity index (χ1v) is 3.10. The lowest BCUT2D eigenvalue weighted by Gasteiger charge is -1.96. The summed E-state index contributed by atoms with van der Waals surface area (Å²) in [7, 11) is 1.68. The largest absolute Gasteiger partial charge is 0.379 e. The van der Waals surface area contributed by atoms with Crippen LogP contribution in [0.2, 0.25) is 0 Å². The third-order valence-corrected chi connectivity index (χ3v) is 1.40. The normalized spacial score (nSPS) is 11.8. The summed E-state index contributed by atoms with van der Waals surface area (Å²) in [6.07, 6.45) is 0.700. The summed E-state index contributed by atoms with van der Waals surface area (Å²) in [4.78, 5) is 0. The summed E-state index contributed by atoms with van der Waals surface area (Å²) < 4.78 is 0. The SMILES string of the molecule is CC/C(Cl)=C(\C#N)NC. The summed E-state index contributed by atoms with van der Waals surface area (Å²) >= 11 is 5.63. The second-order valence-corrected chi connectivity index (χ2v) is 1.95. The maximum absolute atomic E-state index is 8.37. The van der Waals surface area contributed by atoms with Gasteiger partial charge in [-0.05, 0) is 6.42 Å². The molecule has 0 aliphatic rings. The molecule has 0 rings (SSSR count). The first-order valence-electron chi connectivity index (χ1n) is 2.72. The summed E-state index contributed by atoms with van der Waals surface area (Å²) in [5.74, 6) is 0. The Morgan fingerprint density at radius 1 is 1.78 bits per heavy atom. The van der Waals surface area contributed by atoms with Crippen molar-refractivity contribution < 1.29 is 0 Å². The fraction of sp³-hybridized carbons (Fsp3) is 0.500. The average molecular weight is 145 g/mol. The standard InChI is InChI=1S/C6H9ClN2/c1-3-5(7)6(4-8)9-2/h9H,3H2,1-2H3/b6-5-. The van der Waals surface area contributed by atoms with E-state index in [4.69, 9.17) is 16.9 Å². The Balaban J connectivity index is 4.24. The number of nitriles is 1. The first kappa shape index (κ1) is 8.32. The summed E-state index contributed by atoms with van der Waals surface area (Å²) in [5.41, 5.74) is 0.458. The van der Waals surface area contributed by atoms with Crippen LogP contribution in [0, 0.1) is 11.3 Å². The molecule has 0 atom stereocenters. The Hall–Kier alpha value is -0.680. The Labute approximate surface area is 60.1 Å². The van der Waals surface area contributed by atoms with Gasteiger partial charge in [0.15, 0.2) is 0 Å². The minimum atomic E-state index is 0.458. The van der Waals surface area contributed by atoms with Crippen molar-refractivity contribution in [3.8, 4) is 6.07 Å². The monoisotopic (exact) mass is 144 g/mol. The maximum atomic E-state index is 8.37. The van der Waals surface area contributed by atoms with E-state index in [1.165, 1.54) is 0 Å². The van der Waals surface area contributed by atoms with Crippen LogP contribution in [0.3, 0.4) is 0 Å². The van der Waals surface area contributed by atoms with Crippen molar-refractivity contribution in [1.29, 1.82) is 5.26 Å². The molecule has 0 heterocycles. The van der Waals surface area contributed by atoms with E-state index in [0.29, 0.717) is 17.2 Å². The minimum Gasteiger partial charge on any atom is -0.379 e. The molecular weight excluding hydrogens is 136 g/mol. The fourth-order valence-corrected chi connectivity index (χ4v) is 0.566. The van der Waals surface area contributed by atoms with Crippen LogP contribution in [-0.4, -0.2) is 7.05 Å². The van der Waals surface area contributed by atoms with E-state index in [0.717, 1.165) is 0 Å². The number of hydrogen-bond acceptors (Lipinski definition) is 2. The summed E-state index contributed by atoms with van der Waals surface area (Å²) in [5, 5.41) is 11.6. The van der Waals surface area contributed by atoms with Gasteiger partial charge in [0.25, 0.3) is 0 Å². The Morgan fingerprint density at radius 2 is 2.33 bits per heavy atom. The zero-order chi connectivity index (χ0) is 7.28. The highest BCUT2D eigenvalue weighted by Crippen LogP contribution is 2.09. The second kappa shape index (κ2) is 4.22. The van der Waals surface area contributed by atoms with Gasteiger partial charge in [0.2, 0.25) is 0 Å². The second-order valence-electron chi connectivity index (χ2n) is 1.50. The van der Waals surface area contributed by atoms with Crippen LogP contribution in [0.4, 0.5) is 0 Å². The molecule has 1 N–H and O–H groups in total. The molecule has 0 saturated carbocycles. The minimum absolute atomic E-state index is 0.458. The van der Waals surface area contributed by atoms with Crippen molar-refractivity contribution in [2.24, 2.45) is 0 Å². The molecule has 0 bridgehead atoms. The molecule has 9 heavy (non-hydrogen) atoms. The van der Waals surface area contributed by atoms with E-state index in [-0.39, 0.29) is 0 Å². The fourth-order valence-electron chi connectivity index (χ4n) is 0.429. The molecule has 0 spiro atoms. The predicted octanol–water partition coefficient (Wildman–Crippen LogP) is 1.59. The number of nitrogens with one attached hydrogen (secondary N) is 1. The van der Waals surface area contributed by atoms with E-state index in [1.54, 1.807) is 7.05 Å². The third-order valence-electron chi connectivity index (χ3n) is 0.943. The van der Waals surface area contributed by atoms with Crippen LogP contribution < -0.4 is 5.32 Å². The van der Waals surface area contributed by atoms with Gasteiger partial charge in [0.05, 0.1) is 5.03 Å². The van der Waals surface area contributed by atoms with Gasteiger partial charge in [0.1, 0.15) is 11.8 Å². The van der Waals surface area contributed by atoms with Crippen molar-refractivity contribution in [2.75, 3.05) is 7.05 Å². The number of nitrogens with zero attached hydrogens (tertiary/aromatic N) is 1. The van der Waals surface area contributed by atoms with E-state index in [1.807, 2.05) is 13.0 Å². The molecule has 2 nitrogen and oxygen atoms in total. The first-order chi connectivity index (χ1) is 4.26. The van der Waals surface area contributed by atoms with Gasteiger partial charge in [0, 0.05) is 7.05 Å². The van der Waals surface area contributed by atoms with Crippen LogP contribution in [-0.2, 0) is 0 Å². The van der Waals surface area contributed by atoms with E-state index in [2.05, 4.69) is 5.32 Å². The predicted molar refractivity (Wildman–Crippen MR) is 37.8 cm³/mol. The lowest BCUT2D eigenvalue weighted by molar-refractivity contribution is 1.000. The van der Waals surface area contributed by atoms with Crippen LogP contribution in [0.5, 0.6) is 0 Å². The van der Waals surface area contributed by atoms with Gasteiger partial charge in [-0.3, -0.25) is 0 Å². The smallest absolute Gasteiger partial charge is 0.128 e. The Morgan fingerprint density at radius 3 is 2.44 bits per heavy atom. The number of halogens is 1. The maximum Gasteiger partial charge on any atom is 0.128 e. The molecule has 0 aromatic heterocycles. The van der Waals surface area contributed by atoms with Gasteiger partial charge >= 0.3 is 0 Å². The van der Waals surface area contributed by atoms with Crippen molar-refractivity contribution >= 4 is 11.6 Å². The molecule has 0 amide bonds. The molecule has 0 aliphatic heterocycles. The van der Waals surface area contributed by atoms with Crippen molar-refractivity contribution in [3.05, 3.63) is 10.7 Å². The zero-order valence-corrected chi connectivity index (χ0v) is 6.29. The van der Waals surface area contributed by atoms with Gasteiger partial charge in [-0.25, -0.2) is 0 Å². The van der Waals surface area contributed by atoms with Crippen molar-refractivity contribution in [3.63, 3.8) is 0 Å². The Bertz CT molecular complexity index is 155. The molecule has 0 aromatic carbocycles. The molecule has 0 saturated heterocycles. The van der Waals surface area contributed by atoms with Crippen molar-refractivity contribution in [1.82, 2.24) is 5.32 Å². The highest BCUT2D eigenvalue weighted by molar-refractivity contribution is 6.30. The van der Waals surface area contributed by atoms with Gasteiger partial charge < -0.3 is 5.32 Å². The molecule has 50 valence electrons. The molecule has 3 heteroatoms. The molecular formula is C6H9ClN2. The highest BCUT2D eigenvalue weighted by Gasteiger charge is 1.96. The van der Waals surface area contributed by atoms with Crippen LogP contribution in [0.25, 0.3) is 0 Å². The lowest BCUT2D eigenvalue weighted by Crippen LogP contribution is -2.04. The van der Waals surface area contributed by atoms with Crippen LogP contribution in [0.15, 0.2) is 10.7 Å². The van der Waals surface area contributed by atoms with Gasteiger partial charge in [-0.15, -0.1) is 0 Å². The van der Waals surface area contributed by atoms with E-state index in [9.17, 15) is 0 Å². The van der Waals surface area contributed by atoms with Crippen molar-refractivity contribution in [2.45, 2.75) is 13.3 Å². The van der Waals surface area contributed by atoms with E-state index < -0.39 is 0 Å². The zero-order valence-electron chi connectivity index (χ0n) is 5.53. The average Bonchev–Trinajstić information content (AvgIpc) is 1.90. The van der Waals surface area contributed by atoms with Crippen LogP contribution in [0.1, 0.15) is 13.3 Å². The lowest BCUT2D eigenvalue weighted by atomic mass is 10.3. The number of allylic oxidation sites excluding steroid dienone is 2. The summed E-state index contributed by atoms with van der Waals surface area (Å²) in [6, 6.07) is 1.94. The van der Waals surface area contributed by atoms with Crippen LogP contribution >= 0.6 is 11.6 Å². The highest BCUT2D eigenvalue weighted by atomic mass is 35.5. The molecule has 0 fully saturated rings.